The SMILES string of the molecule is O=C(O)C(CCN1CCC(c2ccccc2)CC1)c1ccccc1. The zero-order chi connectivity index (χ0) is 16.8. The predicted molar refractivity (Wildman–Crippen MR) is 96.3 cm³/mol. The van der Waals surface area contributed by atoms with Crippen molar-refractivity contribution in [1.29, 1.82) is 0 Å². The highest BCUT2D eigenvalue weighted by atomic mass is 16.4. The third kappa shape index (κ3) is 4.24. The summed E-state index contributed by atoms with van der Waals surface area (Å²) in [5.74, 6) is -0.481. The molecule has 0 radical (unpaired) electrons. The summed E-state index contributed by atoms with van der Waals surface area (Å²) in [6.07, 6.45) is 3.00. The van der Waals surface area contributed by atoms with Crippen molar-refractivity contribution in [3.8, 4) is 0 Å². The first-order valence-corrected chi connectivity index (χ1v) is 8.79. The Morgan fingerprint density at radius 3 is 2.17 bits per heavy atom. The molecule has 24 heavy (non-hydrogen) atoms. The van der Waals surface area contributed by atoms with E-state index in [1.54, 1.807) is 0 Å². The molecule has 126 valence electrons. The van der Waals surface area contributed by atoms with Crippen molar-refractivity contribution in [2.45, 2.75) is 31.1 Å². The Kier molecular flexibility index (Phi) is 5.65. The van der Waals surface area contributed by atoms with Crippen LogP contribution >= 0.6 is 0 Å². The van der Waals surface area contributed by atoms with Crippen LogP contribution in [0.2, 0.25) is 0 Å². The number of benzene rings is 2. The van der Waals surface area contributed by atoms with E-state index in [4.69, 9.17) is 0 Å². The van der Waals surface area contributed by atoms with Crippen LogP contribution in [-0.4, -0.2) is 35.6 Å². The van der Waals surface area contributed by atoms with Crippen LogP contribution in [0.4, 0.5) is 0 Å². The van der Waals surface area contributed by atoms with Crippen molar-refractivity contribution in [2.75, 3.05) is 19.6 Å². The standard InChI is InChI=1S/C21H25NO2/c23-21(24)20(19-9-5-2-6-10-19)13-16-22-14-11-18(12-15-22)17-7-3-1-4-8-17/h1-10,18,20H,11-16H2,(H,23,24). The molecule has 0 aliphatic carbocycles. The Hall–Kier alpha value is -2.13. The second-order valence-electron chi connectivity index (χ2n) is 6.62. The number of carbonyl (C=O) groups is 1. The van der Waals surface area contributed by atoms with Gasteiger partial charge in [0.2, 0.25) is 0 Å². The molecule has 3 nitrogen and oxygen atoms in total. The Morgan fingerprint density at radius 2 is 1.58 bits per heavy atom. The molecule has 1 aliphatic heterocycles. The van der Waals surface area contributed by atoms with E-state index in [2.05, 4.69) is 35.2 Å². The summed E-state index contributed by atoms with van der Waals surface area (Å²) >= 11 is 0. The van der Waals surface area contributed by atoms with Crippen LogP contribution in [-0.2, 0) is 4.79 Å². The smallest absolute Gasteiger partial charge is 0.311 e. The van der Waals surface area contributed by atoms with Gasteiger partial charge in [0.15, 0.2) is 0 Å². The van der Waals surface area contributed by atoms with E-state index < -0.39 is 11.9 Å². The van der Waals surface area contributed by atoms with Gasteiger partial charge in [-0.05, 0) is 55.9 Å². The maximum atomic E-state index is 11.6. The highest BCUT2D eigenvalue weighted by molar-refractivity contribution is 5.76. The summed E-state index contributed by atoms with van der Waals surface area (Å²) in [5, 5.41) is 9.53. The largest absolute Gasteiger partial charge is 0.481 e. The van der Waals surface area contributed by atoms with E-state index in [9.17, 15) is 9.90 Å². The molecular weight excluding hydrogens is 298 g/mol. The average Bonchev–Trinajstić information content (AvgIpc) is 2.64. The van der Waals surface area contributed by atoms with Crippen LogP contribution in [0.25, 0.3) is 0 Å². The number of carboxylic acid groups (broad SMARTS) is 1. The first-order chi connectivity index (χ1) is 11.7. The van der Waals surface area contributed by atoms with Crippen molar-refractivity contribution >= 4 is 5.97 Å². The lowest BCUT2D eigenvalue weighted by Gasteiger charge is -2.32. The molecule has 1 fully saturated rings. The van der Waals surface area contributed by atoms with E-state index in [0.29, 0.717) is 12.3 Å². The lowest BCUT2D eigenvalue weighted by Crippen LogP contribution is -2.34. The second kappa shape index (κ2) is 8.11. The van der Waals surface area contributed by atoms with Gasteiger partial charge < -0.3 is 10.0 Å². The summed E-state index contributed by atoms with van der Waals surface area (Å²) in [5.41, 5.74) is 2.34. The van der Waals surface area contributed by atoms with Gasteiger partial charge in [-0.2, -0.15) is 0 Å². The molecule has 1 aliphatic rings. The van der Waals surface area contributed by atoms with Crippen molar-refractivity contribution < 1.29 is 9.90 Å². The zero-order valence-corrected chi connectivity index (χ0v) is 14.0. The molecule has 0 saturated carbocycles. The Morgan fingerprint density at radius 1 is 1.00 bits per heavy atom. The van der Waals surface area contributed by atoms with Gasteiger partial charge in [-0.1, -0.05) is 60.7 Å². The predicted octanol–water partition coefficient (Wildman–Crippen LogP) is 4.12. The number of nitrogens with zero attached hydrogens (tertiary/aromatic N) is 1. The van der Waals surface area contributed by atoms with E-state index in [1.165, 1.54) is 5.56 Å². The number of aliphatic carboxylic acids is 1. The number of hydrogen-bond donors (Lipinski definition) is 1. The maximum absolute atomic E-state index is 11.6. The van der Waals surface area contributed by atoms with Crippen LogP contribution in [0, 0.1) is 0 Å². The van der Waals surface area contributed by atoms with Gasteiger partial charge in [-0.15, -0.1) is 0 Å². The van der Waals surface area contributed by atoms with E-state index in [0.717, 1.165) is 38.0 Å². The molecule has 1 atom stereocenters. The molecule has 1 saturated heterocycles. The van der Waals surface area contributed by atoms with Crippen LogP contribution < -0.4 is 0 Å². The summed E-state index contributed by atoms with van der Waals surface area (Å²) in [6.45, 7) is 2.97. The van der Waals surface area contributed by atoms with Gasteiger partial charge in [0.1, 0.15) is 0 Å². The van der Waals surface area contributed by atoms with Gasteiger partial charge in [-0.3, -0.25) is 4.79 Å². The van der Waals surface area contributed by atoms with E-state index in [1.807, 2.05) is 30.3 Å². The minimum Gasteiger partial charge on any atom is -0.481 e. The monoisotopic (exact) mass is 323 g/mol. The molecular formula is C21H25NO2. The topological polar surface area (TPSA) is 40.5 Å². The molecule has 0 bridgehead atoms. The molecule has 3 rings (SSSR count). The Balaban J connectivity index is 1.51. The minimum atomic E-state index is -0.722. The molecule has 1 heterocycles. The third-order valence-electron chi connectivity index (χ3n) is 5.09. The number of rotatable bonds is 6. The fraction of sp³-hybridized carbons (Fsp3) is 0.381. The number of piperidine rings is 1. The summed E-state index contributed by atoms with van der Waals surface area (Å²) in [6, 6.07) is 20.3. The zero-order valence-electron chi connectivity index (χ0n) is 14.0. The molecule has 0 aromatic heterocycles. The highest BCUT2D eigenvalue weighted by Gasteiger charge is 2.24. The summed E-state index contributed by atoms with van der Waals surface area (Å²) in [7, 11) is 0. The molecule has 2 aromatic carbocycles. The van der Waals surface area contributed by atoms with Gasteiger partial charge in [0, 0.05) is 0 Å². The molecule has 1 N–H and O–H groups in total. The lowest BCUT2D eigenvalue weighted by atomic mass is 9.89. The van der Waals surface area contributed by atoms with Crippen molar-refractivity contribution in [2.24, 2.45) is 0 Å². The van der Waals surface area contributed by atoms with Gasteiger partial charge in [0.05, 0.1) is 5.92 Å². The lowest BCUT2D eigenvalue weighted by molar-refractivity contribution is -0.139. The normalized spacial score (nSPS) is 17.5. The van der Waals surface area contributed by atoms with Gasteiger partial charge >= 0.3 is 5.97 Å². The second-order valence-corrected chi connectivity index (χ2v) is 6.62. The first kappa shape index (κ1) is 16.7. The Labute approximate surface area is 143 Å². The fourth-order valence-corrected chi connectivity index (χ4v) is 3.64. The molecule has 0 spiro atoms. The van der Waals surface area contributed by atoms with Crippen LogP contribution in [0.5, 0.6) is 0 Å². The number of hydrogen-bond acceptors (Lipinski definition) is 2. The summed E-state index contributed by atoms with van der Waals surface area (Å²) < 4.78 is 0. The number of carboxylic acids is 1. The quantitative estimate of drug-likeness (QED) is 0.869. The van der Waals surface area contributed by atoms with Crippen molar-refractivity contribution in [3.05, 3.63) is 71.8 Å². The van der Waals surface area contributed by atoms with Crippen molar-refractivity contribution in [3.63, 3.8) is 0 Å². The summed E-state index contributed by atoms with van der Waals surface area (Å²) in [4.78, 5) is 14.0. The fourth-order valence-electron chi connectivity index (χ4n) is 3.64. The van der Waals surface area contributed by atoms with Gasteiger partial charge in [0.25, 0.3) is 0 Å². The molecule has 1 unspecified atom stereocenters. The van der Waals surface area contributed by atoms with Crippen LogP contribution in [0.3, 0.4) is 0 Å². The average molecular weight is 323 g/mol. The van der Waals surface area contributed by atoms with E-state index >= 15 is 0 Å². The van der Waals surface area contributed by atoms with Crippen molar-refractivity contribution in [1.82, 2.24) is 4.90 Å². The van der Waals surface area contributed by atoms with Crippen LogP contribution in [0.1, 0.15) is 42.2 Å². The first-order valence-electron chi connectivity index (χ1n) is 8.79. The minimum absolute atomic E-state index is 0.405. The maximum Gasteiger partial charge on any atom is 0.311 e. The van der Waals surface area contributed by atoms with Gasteiger partial charge in [-0.25, -0.2) is 0 Å². The highest BCUT2D eigenvalue weighted by Crippen LogP contribution is 2.28. The number of likely N-dealkylation sites (tertiary alicyclic amines) is 1. The third-order valence-corrected chi connectivity index (χ3v) is 5.09. The Bertz CT molecular complexity index is 633. The molecule has 3 heteroatoms. The van der Waals surface area contributed by atoms with Crippen LogP contribution in [0.15, 0.2) is 60.7 Å². The molecule has 0 amide bonds. The molecule has 2 aromatic rings. The van der Waals surface area contributed by atoms with E-state index in [-0.39, 0.29) is 0 Å².